The highest BCUT2D eigenvalue weighted by Crippen LogP contribution is 2.34. The molecule has 4 atom stereocenters. The normalized spacial score (nSPS) is 40.6. The molecule has 112 valence electrons. The number of morpholine rings is 1. The molecule has 1 aliphatic carbocycles. The summed E-state index contributed by atoms with van der Waals surface area (Å²) in [6.45, 7) is 13.3. The van der Waals surface area contributed by atoms with Gasteiger partial charge in [0.1, 0.15) is 0 Å². The van der Waals surface area contributed by atoms with Gasteiger partial charge in [0.05, 0.1) is 11.7 Å². The largest absolute Gasteiger partial charge is 0.370 e. The molecular weight excluding hydrogens is 236 g/mol. The highest BCUT2D eigenvalue weighted by Gasteiger charge is 2.39. The van der Waals surface area contributed by atoms with E-state index in [1.54, 1.807) is 0 Å². The van der Waals surface area contributed by atoms with Crippen LogP contribution in [0.25, 0.3) is 0 Å². The van der Waals surface area contributed by atoms with Crippen LogP contribution in [0.15, 0.2) is 0 Å². The summed E-state index contributed by atoms with van der Waals surface area (Å²) in [7, 11) is 0. The first-order valence-corrected chi connectivity index (χ1v) is 7.96. The van der Waals surface area contributed by atoms with Crippen molar-refractivity contribution in [2.24, 2.45) is 17.6 Å². The topological polar surface area (TPSA) is 38.5 Å². The molecule has 1 aliphatic heterocycles. The van der Waals surface area contributed by atoms with Gasteiger partial charge in [-0.1, -0.05) is 13.8 Å². The molecule has 2 N–H and O–H groups in total. The second-order valence-corrected chi connectivity index (χ2v) is 7.67. The van der Waals surface area contributed by atoms with Gasteiger partial charge in [-0.15, -0.1) is 0 Å². The van der Waals surface area contributed by atoms with E-state index in [1.165, 1.54) is 19.3 Å². The molecule has 2 rings (SSSR count). The average molecular weight is 268 g/mol. The maximum atomic E-state index is 6.42. The monoisotopic (exact) mass is 268 g/mol. The predicted molar refractivity (Wildman–Crippen MR) is 80.1 cm³/mol. The Morgan fingerprint density at radius 3 is 2.53 bits per heavy atom. The number of hydrogen-bond acceptors (Lipinski definition) is 3. The minimum absolute atomic E-state index is 0.0395. The number of rotatable bonds is 2. The fourth-order valence-corrected chi connectivity index (χ4v) is 3.98. The fourth-order valence-electron chi connectivity index (χ4n) is 3.98. The van der Waals surface area contributed by atoms with E-state index in [1.807, 2.05) is 0 Å². The van der Waals surface area contributed by atoms with E-state index < -0.39 is 0 Å². The van der Waals surface area contributed by atoms with Crippen molar-refractivity contribution in [3.63, 3.8) is 0 Å². The van der Waals surface area contributed by atoms with Crippen LogP contribution in [0.4, 0.5) is 0 Å². The molecular formula is C16H32N2O. The van der Waals surface area contributed by atoms with Gasteiger partial charge in [-0.3, -0.25) is 4.90 Å². The molecule has 0 spiro atoms. The molecule has 4 unspecified atom stereocenters. The molecule has 0 radical (unpaired) electrons. The van der Waals surface area contributed by atoms with Crippen LogP contribution in [0.2, 0.25) is 0 Å². The Morgan fingerprint density at radius 1 is 1.26 bits per heavy atom. The first-order valence-electron chi connectivity index (χ1n) is 7.96. The molecule has 0 aromatic heterocycles. The van der Waals surface area contributed by atoms with Crippen LogP contribution < -0.4 is 5.73 Å². The van der Waals surface area contributed by atoms with Crippen LogP contribution >= 0.6 is 0 Å². The Kier molecular flexibility index (Phi) is 4.59. The van der Waals surface area contributed by atoms with Crippen molar-refractivity contribution >= 4 is 0 Å². The van der Waals surface area contributed by atoms with Gasteiger partial charge >= 0.3 is 0 Å². The van der Waals surface area contributed by atoms with Crippen molar-refractivity contribution in [1.29, 1.82) is 0 Å². The Labute approximate surface area is 118 Å². The van der Waals surface area contributed by atoms with Crippen LogP contribution in [0.1, 0.15) is 53.9 Å². The lowest BCUT2D eigenvalue weighted by Gasteiger charge is -2.49. The SMILES string of the molecule is CC1CN(C2CC(C(C)C)CCC2N)CC(C)(C)O1. The second kappa shape index (κ2) is 5.71. The third-order valence-corrected chi connectivity index (χ3v) is 4.92. The number of hydrogen-bond donors (Lipinski definition) is 1. The lowest BCUT2D eigenvalue weighted by molar-refractivity contribution is -0.143. The quantitative estimate of drug-likeness (QED) is 0.837. The molecule has 0 aromatic carbocycles. The van der Waals surface area contributed by atoms with E-state index in [2.05, 4.69) is 39.5 Å². The van der Waals surface area contributed by atoms with Gasteiger partial charge < -0.3 is 10.5 Å². The van der Waals surface area contributed by atoms with Crippen molar-refractivity contribution in [3.05, 3.63) is 0 Å². The van der Waals surface area contributed by atoms with Gasteiger partial charge in [0.25, 0.3) is 0 Å². The average Bonchev–Trinajstić information content (AvgIpc) is 2.26. The van der Waals surface area contributed by atoms with E-state index in [0.717, 1.165) is 24.9 Å². The molecule has 1 saturated heterocycles. The number of ether oxygens (including phenoxy) is 1. The minimum atomic E-state index is -0.0395. The predicted octanol–water partition coefficient (Wildman–Crippen LogP) is 2.64. The lowest BCUT2D eigenvalue weighted by Crippen LogP contribution is -2.60. The molecule has 19 heavy (non-hydrogen) atoms. The van der Waals surface area contributed by atoms with Crippen molar-refractivity contribution < 1.29 is 4.74 Å². The first kappa shape index (κ1) is 15.3. The zero-order valence-corrected chi connectivity index (χ0v) is 13.4. The molecule has 2 fully saturated rings. The van der Waals surface area contributed by atoms with Crippen LogP contribution in [-0.2, 0) is 4.74 Å². The zero-order valence-electron chi connectivity index (χ0n) is 13.4. The van der Waals surface area contributed by atoms with Gasteiger partial charge in [-0.25, -0.2) is 0 Å². The number of nitrogens with zero attached hydrogens (tertiary/aromatic N) is 1. The Bertz CT molecular complexity index is 303. The van der Waals surface area contributed by atoms with E-state index in [9.17, 15) is 0 Å². The molecule has 1 saturated carbocycles. The van der Waals surface area contributed by atoms with Crippen molar-refractivity contribution in [2.45, 2.75) is 77.7 Å². The van der Waals surface area contributed by atoms with Crippen LogP contribution in [-0.4, -0.2) is 41.8 Å². The fraction of sp³-hybridized carbons (Fsp3) is 1.00. The van der Waals surface area contributed by atoms with Crippen molar-refractivity contribution in [3.8, 4) is 0 Å². The molecule has 3 heteroatoms. The molecule has 1 heterocycles. The summed E-state index contributed by atoms with van der Waals surface area (Å²) in [4.78, 5) is 2.60. The Hall–Kier alpha value is -0.120. The Balaban J connectivity index is 2.05. The molecule has 2 aliphatic rings. The summed E-state index contributed by atoms with van der Waals surface area (Å²) in [5.74, 6) is 1.62. The smallest absolute Gasteiger partial charge is 0.0757 e. The summed E-state index contributed by atoms with van der Waals surface area (Å²) in [5, 5.41) is 0. The minimum Gasteiger partial charge on any atom is -0.370 e. The van der Waals surface area contributed by atoms with Gasteiger partial charge in [-0.05, 0) is 51.9 Å². The highest BCUT2D eigenvalue weighted by molar-refractivity contribution is 4.94. The summed E-state index contributed by atoms with van der Waals surface area (Å²) in [6, 6.07) is 0.892. The molecule has 0 bridgehead atoms. The van der Waals surface area contributed by atoms with Crippen molar-refractivity contribution in [1.82, 2.24) is 4.90 Å². The highest BCUT2D eigenvalue weighted by atomic mass is 16.5. The van der Waals surface area contributed by atoms with E-state index in [4.69, 9.17) is 10.5 Å². The Morgan fingerprint density at radius 2 is 1.95 bits per heavy atom. The van der Waals surface area contributed by atoms with E-state index >= 15 is 0 Å². The van der Waals surface area contributed by atoms with Crippen LogP contribution in [0.3, 0.4) is 0 Å². The lowest BCUT2D eigenvalue weighted by atomic mass is 9.76. The van der Waals surface area contributed by atoms with Crippen molar-refractivity contribution in [2.75, 3.05) is 13.1 Å². The first-order chi connectivity index (χ1) is 8.78. The maximum Gasteiger partial charge on any atom is 0.0757 e. The van der Waals surface area contributed by atoms with Gasteiger partial charge in [0, 0.05) is 25.2 Å². The molecule has 0 aromatic rings. The molecule has 0 amide bonds. The zero-order chi connectivity index (χ0) is 14.2. The third-order valence-electron chi connectivity index (χ3n) is 4.92. The van der Waals surface area contributed by atoms with E-state index in [0.29, 0.717) is 18.2 Å². The van der Waals surface area contributed by atoms with Gasteiger partial charge in [-0.2, -0.15) is 0 Å². The van der Waals surface area contributed by atoms with Crippen LogP contribution in [0, 0.1) is 11.8 Å². The summed E-state index contributed by atoms with van der Waals surface area (Å²) in [6.07, 6.45) is 4.07. The van der Waals surface area contributed by atoms with E-state index in [-0.39, 0.29) is 5.60 Å². The summed E-state index contributed by atoms with van der Waals surface area (Å²) < 4.78 is 6.02. The van der Waals surface area contributed by atoms with Crippen LogP contribution in [0.5, 0.6) is 0 Å². The maximum absolute atomic E-state index is 6.42. The van der Waals surface area contributed by atoms with Gasteiger partial charge in [0.15, 0.2) is 0 Å². The summed E-state index contributed by atoms with van der Waals surface area (Å²) >= 11 is 0. The third kappa shape index (κ3) is 3.71. The summed E-state index contributed by atoms with van der Waals surface area (Å²) in [5.41, 5.74) is 6.38. The van der Waals surface area contributed by atoms with Gasteiger partial charge in [0.2, 0.25) is 0 Å². The standard InChI is InChI=1S/C16H32N2O/c1-11(2)13-6-7-14(17)15(8-13)18-9-12(3)19-16(4,5)10-18/h11-15H,6-10,17H2,1-5H3. The second-order valence-electron chi connectivity index (χ2n) is 7.67. The molecule has 3 nitrogen and oxygen atoms in total. The number of nitrogens with two attached hydrogens (primary N) is 1.